The lowest BCUT2D eigenvalue weighted by molar-refractivity contribution is 0.0897. The molecule has 0 heterocycles. The molecule has 0 N–H and O–H groups in total. The van der Waals surface area contributed by atoms with Crippen molar-refractivity contribution < 1.29 is 0 Å². The Hall–Kier alpha value is -0.510. The minimum atomic E-state index is 0.0395. The predicted molar refractivity (Wildman–Crippen MR) is 129 cm³/mol. The third-order valence-electron chi connectivity index (χ3n) is 9.74. The maximum Gasteiger partial charge on any atom is 0.0689 e. The van der Waals surface area contributed by atoms with Gasteiger partial charge in [-0.05, 0) is 100 Å². The van der Waals surface area contributed by atoms with E-state index in [-0.39, 0.29) is 5.41 Å². The lowest BCUT2D eigenvalue weighted by Crippen LogP contribution is -2.32. The smallest absolute Gasteiger partial charge is 0.0689 e. The second kappa shape index (κ2) is 12.5. The molecule has 0 aliphatic heterocycles. The van der Waals surface area contributed by atoms with Gasteiger partial charge in [0.2, 0.25) is 0 Å². The van der Waals surface area contributed by atoms with Crippen LogP contribution in [0.3, 0.4) is 0 Å². The Kier molecular flexibility index (Phi) is 10.1. The molecule has 0 spiro atoms. The molecule has 3 fully saturated rings. The molecule has 0 amide bonds. The van der Waals surface area contributed by atoms with E-state index in [0.29, 0.717) is 0 Å². The van der Waals surface area contributed by atoms with Crippen LogP contribution >= 0.6 is 0 Å². The summed E-state index contributed by atoms with van der Waals surface area (Å²) >= 11 is 0. The molecular weight excluding hydrogens is 362 g/mol. The van der Waals surface area contributed by atoms with E-state index < -0.39 is 0 Å². The summed E-state index contributed by atoms with van der Waals surface area (Å²) in [7, 11) is 0. The number of hydrogen-bond acceptors (Lipinski definition) is 1. The van der Waals surface area contributed by atoms with Crippen molar-refractivity contribution in [3.05, 3.63) is 0 Å². The first-order valence-electron chi connectivity index (χ1n) is 14.1. The summed E-state index contributed by atoms with van der Waals surface area (Å²) in [6.07, 6.45) is 28.0. The largest absolute Gasteiger partial charge is 0.198 e. The molecule has 3 aliphatic rings. The van der Waals surface area contributed by atoms with Crippen molar-refractivity contribution in [2.24, 2.45) is 35.0 Å². The van der Waals surface area contributed by atoms with Crippen LogP contribution in [0.1, 0.15) is 142 Å². The van der Waals surface area contributed by atoms with E-state index in [9.17, 15) is 5.26 Å². The Morgan fingerprint density at radius 3 is 1.63 bits per heavy atom. The molecule has 0 aromatic rings. The monoisotopic (exact) mass is 413 g/mol. The highest BCUT2D eigenvalue weighted by molar-refractivity contribution is 5.02. The molecule has 0 aromatic carbocycles. The van der Waals surface area contributed by atoms with Gasteiger partial charge in [0.15, 0.2) is 0 Å². The van der Waals surface area contributed by atoms with Gasteiger partial charge in [0.25, 0.3) is 0 Å². The topological polar surface area (TPSA) is 23.8 Å². The Bertz CT molecular complexity index is 493. The zero-order valence-electron chi connectivity index (χ0n) is 20.5. The minimum absolute atomic E-state index is 0.0395. The van der Waals surface area contributed by atoms with E-state index in [4.69, 9.17) is 0 Å². The van der Waals surface area contributed by atoms with Crippen molar-refractivity contribution in [3.8, 4) is 6.07 Å². The van der Waals surface area contributed by atoms with Crippen molar-refractivity contribution in [2.45, 2.75) is 142 Å². The van der Waals surface area contributed by atoms with Crippen LogP contribution in [0.4, 0.5) is 0 Å². The Morgan fingerprint density at radius 2 is 1.13 bits per heavy atom. The van der Waals surface area contributed by atoms with Crippen LogP contribution in [0.15, 0.2) is 0 Å². The number of hydrogen-bond donors (Lipinski definition) is 0. The highest BCUT2D eigenvalue weighted by Crippen LogP contribution is 2.49. The zero-order chi connectivity index (χ0) is 21.2. The molecule has 30 heavy (non-hydrogen) atoms. The van der Waals surface area contributed by atoms with E-state index in [0.717, 1.165) is 29.6 Å². The Labute approximate surface area is 188 Å². The minimum Gasteiger partial charge on any atom is -0.198 e. The van der Waals surface area contributed by atoms with Gasteiger partial charge in [0.1, 0.15) is 0 Å². The Balaban J connectivity index is 1.35. The molecule has 0 aromatic heterocycles. The second-order valence-electron chi connectivity index (χ2n) is 11.6. The van der Waals surface area contributed by atoms with Gasteiger partial charge in [-0.3, -0.25) is 0 Å². The summed E-state index contributed by atoms with van der Waals surface area (Å²) in [5.74, 6) is 5.09. The predicted octanol–water partition coefficient (Wildman–Crippen LogP) is 9.46. The lowest BCUT2D eigenvalue weighted by Gasteiger charge is -2.43. The Morgan fingerprint density at radius 1 is 0.633 bits per heavy atom. The number of unbranched alkanes of at least 4 members (excludes halogenated alkanes) is 4. The van der Waals surface area contributed by atoms with Gasteiger partial charge in [-0.15, -0.1) is 0 Å². The summed E-state index contributed by atoms with van der Waals surface area (Å²) in [6, 6.07) is 2.78. The van der Waals surface area contributed by atoms with Crippen molar-refractivity contribution in [1.29, 1.82) is 5.26 Å². The average molecular weight is 414 g/mol. The fourth-order valence-electron chi connectivity index (χ4n) is 7.50. The highest BCUT2D eigenvalue weighted by Gasteiger charge is 2.39. The van der Waals surface area contributed by atoms with Gasteiger partial charge >= 0.3 is 0 Å². The van der Waals surface area contributed by atoms with E-state index in [1.165, 1.54) is 128 Å². The quantitative estimate of drug-likeness (QED) is 0.327. The number of nitriles is 1. The zero-order valence-corrected chi connectivity index (χ0v) is 20.5. The van der Waals surface area contributed by atoms with Gasteiger partial charge in [-0.2, -0.15) is 5.26 Å². The average Bonchev–Trinajstić information content (AvgIpc) is 2.81. The molecule has 0 bridgehead atoms. The van der Waals surface area contributed by atoms with Gasteiger partial charge in [-0.25, -0.2) is 0 Å². The maximum absolute atomic E-state index is 9.89. The van der Waals surface area contributed by atoms with E-state index in [1.807, 2.05) is 0 Å². The fourth-order valence-corrected chi connectivity index (χ4v) is 7.50. The van der Waals surface area contributed by atoms with Gasteiger partial charge in [0.05, 0.1) is 11.5 Å². The van der Waals surface area contributed by atoms with Crippen LogP contribution in [-0.4, -0.2) is 0 Å². The number of nitrogens with zero attached hydrogens (tertiary/aromatic N) is 1. The first-order chi connectivity index (χ1) is 14.7. The fraction of sp³-hybridized carbons (Fsp3) is 0.966. The molecule has 1 heteroatoms. The SMILES string of the molecule is CCCCCC[C@]1(C#N)CC[C@H](C2CCC([C@H]3CC[C@H](CCCC)CC3)CC2)CC1. The van der Waals surface area contributed by atoms with E-state index in [1.54, 1.807) is 0 Å². The van der Waals surface area contributed by atoms with Crippen LogP contribution in [0.2, 0.25) is 0 Å². The van der Waals surface area contributed by atoms with Crippen molar-refractivity contribution >= 4 is 0 Å². The van der Waals surface area contributed by atoms with Crippen molar-refractivity contribution in [2.75, 3.05) is 0 Å². The summed E-state index contributed by atoms with van der Waals surface area (Å²) < 4.78 is 0. The highest BCUT2D eigenvalue weighted by atomic mass is 14.5. The summed E-state index contributed by atoms with van der Waals surface area (Å²) in [5.41, 5.74) is 0.0395. The molecule has 1 nitrogen and oxygen atoms in total. The van der Waals surface area contributed by atoms with Gasteiger partial charge in [0, 0.05) is 0 Å². The van der Waals surface area contributed by atoms with E-state index in [2.05, 4.69) is 19.9 Å². The second-order valence-corrected chi connectivity index (χ2v) is 11.6. The molecule has 0 saturated heterocycles. The third kappa shape index (κ3) is 6.74. The normalized spacial score (nSPS) is 37.6. The number of rotatable bonds is 10. The molecule has 3 aliphatic carbocycles. The first-order valence-corrected chi connectivity index (χ1v) is 14.1. The summed E-state index contributed by atoms with van der Waals surface area (Å²) in [4.78, 5) is 0. The molecule has 0 atom stereocenters. The molecular formula is C29H51N. The maximum atomic E-state index is 9.89. The molecule has 0 unspecified atom stereocenters. The van der Waals surface area contributed by atoms with Crippen molar-refractivity contribution in [1.82, 2.24) is 0 Å². The van der Waals surface area contributed by atoms with E-state index >= 15 is 0 Å². The molecule has 0 radical (unpaired) electrons. The van der Waals surface area contributed by atoms with Gasteiger partial charge in [-0.1, -0.05) is 71.6 Å². The van der Waals surface area contributed by atoms with Crippen molar-refractivity contribution in [3.63, 3.8) is 0 Å². The van der Waals surface area contributed by atoms with Gasteiger partial charge < -0.3 is 0 Å². The summed E-state index contributed by atoms with van der Waals surface area (Å²) in [6.45, 7) is 4.61. The molecule has 3 rings (SSSR count). The lowest BCUT2D eigenvalue weighted by atomic mass is 9.62. The van der Waals surface area contributed by atoms with Crippen LogP contribution in [0.5, 0.6) is 0 Å². The molecule has 172 valence electrons. The van der Waals surface area contributed by atoms with Crippen LogP contribution in [0, 0.1) is 46.3 Å². The van der Waals surface area contributed by atoms with Crippen LogP contribution < -0.4 is 0 Å². The van der Waals surface area contributed by atoms with Crippen LogP contribution in [0.25, 0.3) is 0 Å². The standard InChI is InChI=1S/C29H51N/c1-3-5-7-8-20-29(23-30)21-18-28(19-22-29)27-16-14-26(15-17-27)25-12-10-24(11-13-25)9-6-4-2/h24-28H,3-22H2,1-2H3/t24-,25-,26?,27?,28-,29-. The van der Waals surface area contributed by atoms with Crippen LogP contribution in [-0.2, 0) is 0 Å². The summed E-state index contributed by atoms with van der Waals surface area (Å²) in [5, 5.41) is 9.89. The molecule has 3 saturated carbocycles. The third-order valence-corrected chi connectivity index (χ3v) is 9.74. The first kappa shape index (κ1) is 24.1.